The molecule has 0 radical (unpaired) electrons. The van der Waals surface area contributed by atoms with Crippen LogP contribution in [0.2, 0.25) is 0 Å². The van der Waals surface area contributed by atoms with Gasteiger partial charge in [0.05, 0.1) is 7.11 Å². The Kier molecular flexibility index (Phi) is 8.33. The van der Waals surface area contributed by atoms with Gasteiger partial charge in [-0.05, 0) is 25.3 Å². The van der Waals surface area contributed by atoms with Gasteiger partial charge in [0, 0.05) is 13.7 Å². The van der Waals surface area contributed by atoms with Gasteiger partial charge in [-0.25, -0.2) is 0 Å². The van der Waals surface area contributed by atoms with E-state index in [1.54, 1.807) is 7.11 Å². The van der Waals surface area contributed by atoms with Gasteiger partial charge in [-0.1, -0.05) is 13.8 Å². The zero-order chi connectivity index (χ0) is 11.7. The maximum absolute atomic E-state index is 11.4. The highest BCUT2D eigenvalue weighted by molar-refractivity contribution is 5.75. The van der Waals surface area contributed by atoms with Gasteiger partial charge in [0.25, 0.3) is 0 Å². The molecule has 1 atom stereocenters. The average molecular weight is 217 g/mol. The van der Waals surface area contributed by atoms with Crippen molar-refractivity contribution in [2.75, 3.05) is 27.4 Å². The van der Waals surface area contributed by atoms with E-state index in [1.165, 1.54) is 7.11 Å². The number of methoxy groups -OCH3 is 2. The molecule has 0 aliphatic rings. The van der Waals surface area contributed by atoms with Crippen LogP contribution in [-0.4, -0.2) is 39.4 Å². The van der Waals surface area contributed by atoms with Crippen molar-refractivity contribution in [2.45, 2.75) is 32.7 Å². The minimum Gasteiger partial charge on any atom is -0.468 e. The van der Waals surface area contributed by atoms with Crippen LogP contribution >= 0.6 is 0 Å². The number of hydrogen-bond donors (Lipinski definition) is 1. The molecule has 0 rings (SSSR count). The molecule has 0 aliphatic carbocycles. The molecule has 0 fully saturated rings. The molecule has 0 aromatic heterocycles. The Morgan fingerprint density at radius 3 is 2.40 bits per heavy atom. The summed E-state index contributed by atoms with van der Waals surface area (Å²) in [6.45, 7) is 5.60. The van der Waals surface area contributed by atoms with E-state index in [4.69, 9.17) is 9.47 Å². The fraction of sp³-hybridized carbons (Fsp3) is 0.909. The molecule has 4 nitrogen and oxygen atoms in total. The molecule has 0 aromatic carbocycles. The third-order valence-electron chi connectivity index (χ3n) is 2.26. The van der Waals surface area contributed by atoms with Crippen LogP contribution in [0.15, 0.2) is 0 Å². The average Bonchev–Trinajstić information content (AvgIpc) is 2.22. The number of esters is 1. The van der Waals surface area contributed by atoms with Gasteiger partial charge in [-0.3, -0.25) is 4.79 Å². The molecular weight excluding hydrogens is 194 g/mol. The van der Waals surface area contributed by atoms with Crippen LogP contribution in [0.4, 0.5) is 0 Å². The molecule has 0 spiro atoms. The van der Waals surface area contributed by atoms with Gasteiger partial charge in [0.15, 0.2) is 0 Å². The normalized spacial score (nSPS) is 12.9. The molecule has 0 saturated heterocycles. The van der Waals surface area contributed by atoms with Crippen molar-refractivity contribution in [3.8, 4) is 0 Å². The van der Waals surface area contributed by atoms with E-state index in [0.717, 1.165) is 26.0 Å². The summed E-state index contributed by atoms with van der Waals surface area (Å²) in [5.74, 6) is 0.0663. The van der Waals surface area contributed by atoms with E-state index in [-0.39, 0.29) is 17.9 Å². The largest absolute Gasteiger partial charge is 0.468 e. The van der Waals surface area contributed by atoms with E-state index in [1.807, 2.05) is 13.8 Å². The lowest BCUT2D eigenvalue weighted by molar-refractivity contribution is -0.144. The number of carbonyl (C=O) groups excluding carboxylic acids is 1. The van der Waals surface area contributed by atoms with Crippen LogP contribution in [-0.2, 0) is 14.3 Å². The van der Waals surface area contributed by atoms with E-state index in [9.17, 15) is 4.79 Å². The minimum atomic E-state index is -0.197. The summed E-state index contributed by atoms with van der Waals surface area (Å²) in [4.78, 5) is 11.4. The van der Waals surface area contributed by atoms with Crippen molar-refractivity contribution in [3.63, 3.8) is 0 Å². The Morgan fingerprint density at radius 2 is 1.93 bits per heavy atom. The monoisotopic (exact) mass is 217 g/mol. The number of carbonyl (C=O) groups is 1. The van der Waals surface area contributed by atoms with Crippen LogP contribution in [0.3, 0.4) is 0 Å². The second-order valence-corrected chi connectivity index (χ2v) is 3.90. The molecule has 0 aliphatic heterocycles. The van der Waals surface area contributed by atoms with E-state index in [2.05, 4.69) is 5.32 Å². The lowest BCUT2D eigenvalue weighted by Crippen LogP contribution is -2.42. The topological polar surface area (TPSA) is 47.6 Å². The van der Waals surface area contributed by atoms with Crippen molar-refractivity contribution in [1.29, 1.82) is 0 Å². The zero-order valence-electron chi connectivity index (χ0n) is 10.2. The van der Waals surface area contributed by atoms with Crippen molar-refractivity contribution < 1.29 is 14.3 Å². The second kappa shape index (κ2) is 8.68. The number of unbranched alkanes of at least 4 members (excludes halogenated alkanes) is 1. The first-order chi connectivity index (χ1) is 7.13. The Labute approximate surface area is 92.3 Å². The molecule has 90 valence electrons. The third kappa shape index (κ3) is 6.47. The summed E-state index contributed by atoms with van der Waals surface area (Å²) in [6.07, 6.45) is 2.02. The van der Waals surface area contributed by atoms with Crippen LogP contribution in [0.1, 0.15) is 26.7 Å². The fourth-order valence-corrected chi connectivity index (χ4v) is 1.35. The smallest absolute Gasteiger partial charge is 0.323 e. The summed E-state index contributed by atoms with van der Waals surface area (Å²) in [5, 5.41) is 3.20. The molecule has 0 saturated carbocycles. The van der Waals surface area contributed by atoms with E-state index < -0.39 is 0 Å². The molecule has 0 aromatic rings. The molecule has 4 heteroatoms. The summed E-state index contributed by atoms with van der Waals surface area (Å²) in [5.41, 5.74) is 0. The fourth-order valence-electron chi connectivity index (χ4n) is 1.35. The quantitative estimate of drug-likeness (QED) is 0.490. The minimum absolute atomic E-state index is 0.184. The Morgan fingerprint density at radius 1 is 1.27 bits per heavy atom. The lowest BCUT2D eigenvalue weighted by Gasteiger charge is -2.19. The standard InChI is InChI=1S/C11H23NO3/c1-9(2)10(11(13)15-4)12-7-5-6-8-14-3/h9-10,12H,5-8H2,1-4H3. The van der Waals surface area contributed by atoms with Crippen molar-refractivity contribution in [3.05, 3.63) is 0 Å². The molecule has 1 N–H and O–H groups in total. The first kappa shape index (κ1) is 14.4. The summed E-state index contributed by atoms with van der Waals surface area (Å²) in [6, 6.07) is -0.197. The van der Waals surface area contributed by atoms with Gasteiger partial charge >= 0.3 is 5.97 Å². The Hall–Kier alpha value is -0.610. The zero-order valence-corrected chi connectivity index (χ0v) is 10.2. The van der Waals surface area contributed by atoms with Gasteiger partial charge in [0.2, 0.25) is 0 Å². The lowest BCUT2D eigenvalue weighted by atomic mass is 10.0. The first-order valence-corrected chi connectivity index (χ1v) is 5.43. The third-order valence-corrected chi connectivity index (χ3v) is 2.26. The Bertz CT molecular complexity index is 171. The molecule has 0 amide bonds. The Balaban J connectivity index is 3.72. The maximum Gasteiger partial charge on any atom is 0.323 e. The van der Waals surface area contributed by atoms with Crippen molar-refractivity contribution >= 4 is 5.97 Å². The van der Waals surface area contributed by atoms with E-state index in [0.29, 0.717) is 0 Å². The number of rotatable bonds is 8. The predicted octanol–water partition coefficient (Wildman–Crippen LogP) is 1.20. The van der Waals surface area contributed by atoms with Crippen molar-refractivity contribution in [1.82, 2.24) is 5.32 Å². The molecule has 0 bridgehead atoms. The highest BCUT2D eigenvalue weighted by atomic mass is 16.5. The number of nitrogens with one attached hydrogen (secondary N) is 1. The van der Waals surface area contributed by atoms with Gasteiger partial charge in [-0.2, -0.15) is 0 Å². The maximum atomic E-state index is 11.4. The van der Waals surface area contributed by atoms with Crippen LogP contribution in [0.5, 0.6) is 0 Å². The number of hydrogen-bond acceptors (Lipinski definition) is 4. The highest BCUT2D eigenvalue weighted by Gasteiger charge is 2.21. The summed E-state index contributed by atoms with van der Waals surface area (Å²) < 4.78 is 9.67. The second-order valence-electron chi connectivity index (χ2n) is 3.90. The predicted molar refractivity (Wildman–Crippen MR) is 59.8 cm³/mol. The molecule has 1 unspecified atom stereocenters. The molecule has 0 heterocycles. The van der Waals surface area contributed by atoms with Crippen molar-refractivity contribution in [2.24, 2.45) is 5.92 Å². The molecular formula is C11H23NO3. The first-order valence-electron chi connectivity index (χ1n) is 5.43. The van der Waals surface area contributed by atoms with Crippen LogP contribution in [0.25, 0.3) is 0 Å². The van der Waals surface area contributed by atoms with Gasteiger partial charge in [-0.15, -0.1) is 0 Å². The van der Waals surface area contributed by atoms with E-state index >= 15 is 0 Å². The summed E-state index contributed by atoms with van der Waals surface area (Å²) >= 11 is 0. The molecule has 15 heavy (non-hydrogen) atoms. The van der Waals surface area contributed by atoms with Gasteiger partial charge < -0.3 is 14.8 Å². The van der Waals surface area contributed by atoms with Crippen LogP contribution < -0.4 is 5.32 Å². The van der Waals surface area contributed by atoms with Crippen LogP contribution in [0, 0.1) is 5.92 Å². The number of ether oxygens (including phenoxy) is 2. The summed E-state index contributed by atoms with van der Waals surface area (Å²) in [7, 11) is 3.11. The van der Waals surface area contributed by atoms with Gasteiger partial charge in [0.1, 0.15) is 6.04 Å². The highest BCUT2D eigenvalue weighted by Crippen LogP contribution is 2.03. The SMILES string of the molecule is COCCCCNC(C(=O)OC)C(C)C.